The van der Waals surface area contributed by atoms with Crippen LogP contribution in [-0.2, 0) is 0 Å². The Kier molecular flexibility index (Phi) is 4.45. The summed E-state index contributed by atoms with van der Waals surface area (Å²) in [5.74, 6) is 0. The third-order valence-electron chi connectivity index (χ3n) is 1.99. The van der Waals surface area contributed by atoms with Crippen molar-refractivity contribution in [2.45, 2.75) is 20.8 Å². The summed E-state index contributed by atoms with van der Waals surface area (Å²) in [7, 11) is 0. The van der Waals surface area contributed by atoms with E-state index in [1.165, 1.54) is 20.4 Å². The maximum absolute atomic E-state index is 3.36. The van der Waals surface area contributed by atoms with E-state index in [0.717, 1.165) is 6.54 Å². The van der Waals surface area contributed by atoms with Gasteiger partial charge in [0.05, 0.1) is 0 Å². The molecule has 0 saturated carbocycles. The van der Waals surface area contributed by atoms with E-state index in [9.17, 15) is 0 Å². The van der Waals surface area contributed by atoms with E-state index >= 15 is 0 Å². The Labute approximate surface area is 99.7 Å². The molecule has 0 aromatic heterocycles. The zero-order chi connectivity index (χ0) is 10.6. The Morgan fingerprint density at radius 2 is 2.14 bits per heavy atom. The second-order valence-corrected chi connectivity index (χ2v) is 4.79. The molecule has 0 bridgehead atoms. The number of allylic oxidation sites excluding steroid dienone is 1. The number of nitrogens with one attached hydrogen (secondary N) is 1. The van der Waals surface area contributed by atoms with Crippen LogP contribution in [0.4, 0.5) is 5.69 Å². The van der Waals surface area contributed by atoms with E-state index in [2.05, 4.69) is 73.0 Å². The maximum Gasteiger partial charge on any atom is 0.0353 e. The van der Waals surface area contributed by atoms with Gasteiger partial charge in [0, 0.05) is 15.8 Å². The summed E-state index contributed by atoms with van der Waals surface area (Å²) in [5, 5.41) is 3.36. The van der Waals surface area contributed by atoms with E-state index in [-0.39, 0.29) is 0 Å². The van der Waals surface area contributed by atoms with Gasteiger partial charge in [0.15, 0.2) is 0 Å². The smallest absolute Gasteiger partial charge is 0.0353 e. The highest BCUT2D eigenvalue weighted by molar-refractivity contribution is 14.1. The van der Waals surface area contributed by atoms with Crippen molar-refractivity contribution in [1.29, 1.82) is 0 Å². The monoisotopic (exact) mass is 301 g/mol. The van der Waals surface area contributed by atoms with Gasteiger partial charge < -0.3 is 5.32 Å². The minimum Gasteiger partial charge on any atom is -0.382 e. The lowest BCUT2D eigenvalue weighted by Crippen LogP contribution is -1.99. The van der Waals surface area contributed by atoms with Crippen molar-refractivity contribution < 1.29 is 0 Å². The number of anilines is 1. The number of halogens is 1. The Morgan fingerprint density at radius 1 is 1.43 bits per heavy atom. The van der Waals surface area contributed by atoms with Crippen LogP contribution in [0, 0.1) is 10.5 Å². The quantitative estimate of drug-likeness (QED) is 0.658. The van der Waals surface area contributed by atoms with Gasteiger partial charge >= 0.3 is 0 Å². The van der Waals surface area contributed by atoms with Crippen molar-refractivity contribution in [2.24, 2.45) is 0 Å². The zero-order valence-corrected chi connectivity index (χ0v) is 11.1. The van der Waals surface area contributed by atoms with Crippen LogP contribution in [-0.4, -0.2) is 6.54 Å². The molecule has 1 nitrogen and oxygen atoms in total. The molecule has 14 heavy (non-hydrogen) atoms. The third-order valence-corrected chi connectivity index (χ3v) is 3.15. The normalized spacial score (nSPS) is 9.71. The van der Waals surface area contributed by atoms with E-state index in [0.29, 0.717) is 0 Å². The maximum atomic E-state index is 3.36. The van der Waals surface area contributed by atoms with Gasteiger partial charge in [0.2, 0.25) is 0 Å². The molecule has 0 unspecified atom stereocenters. The Hall–Kier alpha value is -0.510. The van der Waals surface area contributed by atoms with E-state index < -0.39 is 0 Å². The molecule has 0 aliphatic rings. The molecule has 0 aliphatic heterocycles. The average molecular weight is 301 g/mol. The SMILES string of the molecule is CC(C)=CCNc1ccc(C)c(I)c1. The molecule has 1 aromatic rings. The largest absolute Gasteiger partial charge is 0.382 e. The summed E-state index contributed by atoms with van der Waals surface area (Å²) in [6, 6.07) is 6.44. The lowest BCUT2D eigenvalue weighted by atomic mass is 10.2. The minimum absolute atomic E-state index is 0.904. The summed E-state index contributed by atoms with van der Waals surface area (Å²) in [6.07, 6.45) is 2.19. The molecule has 1 aromatic carbocycles. The molecule has 0 radical (unpaired) electrons. The van der Waals surface area contributed by atoms with Crippen LogP contribution < -0.4 is 5.32 Å². The molecule has 1 rings (SSSR count). The number of benzene rings is 1. The highest BCUT2D eigenvalue weighted by Gasteiger charge is 1.95. The van der Waals surface area contributed by atoms with Crippen LogP contribution in [0.15, 0.2) is 29.8 Å². The van der Waals surface area contributed by atoms with E-state index in [4.69, 9.17) is 0 Å². The predicted octanol–water partition coefficient (Wildman–Crippen LogP) is 3.98. The number of hydrogen-bond donors (Lipinski definition) is 1. The molecule has 0 fully saturated rings. The molecule has 76 valence electrons. The third kappa shape index (κ3) is 3.70. The van der Waals surface area contributed by atoms with Gasteiger partial charge in [0.1, 0.15) is 0 Å². The Balaban J connectivity index is 2.60. The second-order valence-electron chi connectivity index (χ2n) is 3.63. The topological polar surface area (TPSA) is 12.0 Å². The summed E-state index contributed by atoms with van der Waals surface area (Å²) >= 11 is 2.36. The van der Waals surface area contributed by atoms with Crippen molar-refractivity contribution in [3.63, 3.8) is 0 Å². The van der Waals surface area contributed by atoms with Crippen LogP contribution in [0.1, 0.15) is 19.4 Å². The molecule has 0 atom stereocenters. The average Bonchev–Trinajstić information content (AvgIpc) is 2.10. The van der Waals surface area contributed by atoms with Crippen molar-refractivity contribution >= 4 is 28.3 Å². The second kappa shape index (κ2) is 5.39. The standard InChI is InChI=1S/C12H16IN/c1-9(2)6-7-14-11-5-4-10(3)12(13)8-11/h4-6,8,14H,7H2,1-3H3. The summed E-state index contributed by atoms with van der Waals surface area (Å²) in [6.45, 7) is 7.25. The Bertz CT molecular complexity index is 338. The van der Waals surface area contributed by atoms with Crippen LogP contribution in [0.25, 0.3) is 0 Å². The van der Waals surface area contributed by atoms with E-state index in [1.807, 2.05) is 0 Å². The van der Waals surface area contributed by atoms with Crippen molar-refractivity contribution in [2.75, 3.05) is 11.9 Å². The minimum atomic E-state index is 0.904. The van der Waals surface area contributed by atoms with Gasteiger partial charge in [-0.15, -0.1) is 0 Å². The van der Waals surface area contributed by atoms with Gasteiger partial charge in [-0.3, -0.25) is 0 Å². The molecule has 0 spiro atoms. The fourth-order valence-corrected chi connectivity index (χ4v) is 1.59. The summed E-state index contributed by atoms with van der Waals surface area (Å²) < 4.78 is 1.31. The number of hydrogen-bond acceptors (Lipinski definition) is 1. The fraction of sp³-hybridized carbons (Fsp3) is 0.333. The van der Waals surface area contributed by atoms with Crippen molar-refractivity contribution in [1.82, 2.24) is 0 Å². The van der Waals surface area contributed by atoms with Gasteiger partial charge in [-0.05, 0) is 61.1 Å². The molecular weight excluding hydrogens is 285 g/mol. The first-order valence-corrected chi connectivity index (χ1v) is 5.81. The molecular formula is C12H16IN. The molecule has 0 heterocycles. The number of rotatable bonds is 3. The molecule has 1 N–H and O–H groups in total. The molecule has 0 amide bonds. The number of aryl methyl sites for hydroxylation is 1. The van der Waals surface area contributed by atoms with Gasteiger partial charge in [-0.2, -0.15) is 0 Å². The first kappa shape index (κ1) is 11.6. The highest BCUT2D eigenvalue weighted by atomic mass is 127. The Morgan fingerprint density at radius 3 is 2.71 bits per heavy atom. The van der Waals surface area contributed by atoms with Gasteiger partial charge in [0.25, 0.3) is 0 Å². The van der Waals surface area contributed by atoms with Crippen LogP contribution in [0.2, 0.25) is 0 Å². The molecule has 0 aliphatic carbocycles. The van der Waals surface area contributed by atoms with Gasteiger partial charge in [-0.25, -0.2) is 0 Å². The first-order chi connectivity index (χ1) is 6.59. The van der Waals surface area contributed by atoms with E-state index in [1.54, 1.807) is 0 Å². The summed E-state index contributed by atoms with van der Waals surface area (Å²) in [5.41, 5.74) is 3.87. The van der Waals surface area contributed by atoms with Crippen LogP contribution in [0.3, 0.4) is 0 Å². The fourth-order valence-electron chi connectivity index (χ4n) is 1.08. The van der Waals surface area contributed by atoms with Crippen LogP contribution >= 0.6 is 22.6 Å². The lowest BCUT2D eigenvalue weighted by Gasteiger charge is -2.05. The first-order valence-electron chi connectivity index (χ1n) is 4.73. The van der Waals surface area contributed by atoms with Crippen molar-refractivity contribution in [3.8, 4) is 0 Å². The highest BCUT2D eigenvalue weighted by Crippen LogP contribution is 2.16. The lowest BCUT2D eigenvalue weighted by molar-refractivity contribution is 1.26. The molecule has 2 heteroatoms. The van der Waals surface area contributed by atoms with Crippen molar-refractivity contribution in [3.05, 3.63) is 39.0 Å². The predicted molar refractivity (Wildman–Crippen MR) is 71.8 cm³/mol. The van der Waals surface area contributed by atoms with Gasteiger partial charge in [-0.1, -0.05) is 17.7 Å². The molecule has 0 saturated heterocycles. The zero-order valence-electron chi connectivity index (χ0n) is 8.89. The summed E-state index contributed by atoms with van der Waals surface area (Å²) in [4.78, 5) is 0. The van der Waals surface area contributed by atoms with Crippen LogP contribution in [0.5, 0.6) is 0 Å².